The summed E-state index contributed by atoms with van der Waals surface area (Å²) in [6, 6.07) is 7.75. The minimum absolute atomic E-state index is 0.0843. The van der Waals surface area contributed by atoms with E-state index >= 15 is 0 Å². The van der Waals surface area contributed by atoms with E-state index in [0.29, 0.717) is 23.9 Å². The summed E-state index contributed by atoms with van der Waals surface area (Å²) in [5.41, 5.74) is 0.845. The van der Waals surface area contributed by atoms with Gasteiger partial charge in [-0.2, -0.15) is 5.26 Å². The van der Waals surface area contributed by atoms with Gasteiger partial charge in [0, 0.05) is 11.6 Å². The summed E-state index contributed by atoms with van der Waals surface area (Å²) in [6.07, 6.45) is 3.92. The van der Waals surface area contributed by atoms with Crippen LogP contribution in [0.5, 0.6) is 5.75 Å². The highest BCUT2D eigenvalue weighted by Crippen LogP contribution is 2.34. The van der Waals surface area contributed by atoms with Crippen molar-refractivity contribution in [3.05, 3.63) is 41.4 Å². The predicted molar refractivity (Wildman–Crippen MR) is 90.1 cm³/mol. The largest absolute Gasteiger partial charge is 0.492 e. The fraction of sp³-hybridized carbons (Fsp3) is 0.444. The maximum absolute atomic E-state index is 12.3. The van der Waals surface area contributed by atoms with E-state index in [9.17, 15) is 10.1 Å². The predicted octanol–water partition coefficient (Wildman–Crippen LogP) is 3.95. The molecule has 0 spiro atoms. The Labute approximate surface area is 142 Å². The van der Waals surface area contributed by atoms with Crippen molar-refractivity contribution in [1.82, 2.24) is 4.90 Å². The van der Waals surface area contributed by atoms with Crippen LogP contribution in [0, 0.1) is 17.2 Å². The molecule has 0 bridgehead atoms. The van der Waals surface area contributed by atoms with Crippen LogP contribution in [0.2, 0.25) is 5.02 Å². The van der Waals surface area contributed by atoms with Crippen LogP contribution < -0.4 is 4.74 Å². The summed E-state index contributed by atoms with van der Waals surface area (Å²) in [5.74, 6) is 0.304. The summed E-state index contributed by atoms with van der Waals surface area (Å²) in [6.45, 7) is 6.34. The van der Waals surface area contributed by atoms with Crippen LogP contribution in [0.4, 0.5) is 0 Å². The topological polar surface area (TPSA) is 53.3 Å². The summed E-state index contributed by atoms with van der Waals surface area (Å²) < 4.78 is 5.64. The zero-order valence-corrected chi connectivity index (χ0v) is 14.1. The minimum atomic E-state index is -0.167. The third kappa shape index (κ3) is 3.86. The molecule has 0 N–H and O–H groups in total. The molecule has 1 aliphatic rings. The van der Waals surface area contributed by atoms with Gasteiger partial charge in [-0.3, -0.25) is 4.79 Å². The van der Waals surface area contributed by atoms with Crippen molar-refractivity contribution in [2.24, 2.45) is 5.92 Å². The lowest BCUT2D eigenvalue weighted by atomic mass is 10.0. The normalized spacial score (nSPS) is 19.9. The van der Waals surface area contributed by atoms with Crippen LogP contribution in [0.25, 0.3) is 0 Å². The monoisotopic (exact) mass is 332 g/mol. The first kappa shape index (κ1) is 17.4. The number of nitriles is 1. The lowest BCUT2D eigenvalue weighted by Gasteiger charge is -2.30. The first-order valence-corrected chi connectivity index (χ1v) is 8.23. The lowest BCUT2D eigenvalue weighted by Crippen LogP contribution is -2.40. The number of nitrogens with zero attached hydrogens (tertiary/aromatic N) is 2. The van der Waals surface area contributed by atoms with Crippen LogP contribution in [0.3, 0.4) is 0 Å². The first-order chi connectivity index (χ1) is 11.1. The molecule has 1 fully saturated rings. The van der Waals surface area contributed by atoms with Crippen LogP contribution >= 0.6 is 11.6 Å². The van der Waals surface area contributed by atoms with Gasteiger partial charge in [0.05, 0.1) is 30.2 Å². The number of hydrogen-bond donors (Lipinski definition) is 0. The van der Waals surface area contributed by atoms with E-state index in [2.05, 4.69) is 12.6 Å². The summed E-state index contributed by atoms with van der Waals surface area (Å²) >= 11 is 6.22. The van der Waals surface area contributed by atoms with Crippen molar-refractivity contribution in [3.8, 4) is 11.8 Å². The zero-order chi connectivity index (χ0) is 16.8. The number of para-hydroxylation sites is 1. The van der Waals surface area contributed by atoms with Gasteiger partial charge in [-0.15, -0.1) is 0 Å². The molecule has 0 heterocycles. The highest BCUT2D eigenvalue weighted by molar-refractivity contribution is 6.32. The average Bonchev–Trinajstić information content (AvgIpc) is 3.03. The van der Waals surface area contributed by atoms with Gasteiger partial charge in [0.1, 0.15) is 5.75 Å². The fourth-order valence-corrected chi connectivity index (χ4v) is 3.36. The Morgan fingerprint density at radius 1 is 1.57 bits per heavy atom. The molecule has 2 unspecified atom stereocenters. The Hall–Kier alpha value is -1.99. The maximum atomic E-state index is 12.3. The SMILES string of the molecule is C=CC(=O)N(Cc1cccc(Cl)c1OCC)C1CCCC1C#N. The Balaban J connectivity index is 2.32. The van der Waals surface area contributed by atoms with E-state index < -0.39 is 0 Å². The van der Waals surface area contributed by atoms with Gasteiger partial charge < -0.3 is 9.64 Å². The van der Waals surface area contributed by atoms with Crippen LogP contribution in [0.1, 0.15) is 31.7 Å². The highest BCUT2D eigenvalue weighted by Gasteiger charge is 2.34. The van der Waals surface area contributed by atoms with Crippen LogP contribution in [-0.2, 0) is 11.3 Å². The van der Waals surface area contributed by atoms with E-state index in [-0.39, 0.29) is 17.9 Å². The zero-order valence-electron chi connectivity index (χ0n) is 13.3. The molecule has 23 heavy (non-hydrogen) atoms. The van der Waals surface area contributed by atoms with E-state index in [0.717, 1.165) is 24.8 Å². The second-order valence-electron chi connectivity index (χ2n) is 5.57. The number of carbonyl (C=O) groups excluding carboxylic acids is 1. The maximum Gasteiger partial charge on any atom is 0.246 e. The Kier molecular flexibility index (Phi) is 6.06. The van der Waals surface area contributed by atoms with E-state index in [1.807, 2.05) is 19.1 Å². The van der Waals surface area contributed by atoms with E-state index in [1.165, 1.54) is 6.08 Å². The second kappa shape index (κ2) is 8.03. The lowest BCUT2D eigenvalue weighted by molar-refractivity contribution is -0.129. The number of amides is 1. The van der Waals surface area contributed by atoms with Crippen molar-refractivity contribution in [3.63, 3.8) is 0 Å². The number of hydrogen-bond acceptors (Lipinski definition) is 3. The van der Waals surface area contributed by atoms with E-state index in [4.69, 9.17) is 16.3 Å². The van der Waals surface area contributed by atoms with Gasteiger partial charge in [0.2, 0.25) is 5.91 Å². The molecule has 1 aromatic carbocycles. The molecular weight excluding hydrogens is 312 g/mol. The molecule has 1 amide bonds. The molecule has 5 heteroatoms. The Morgan fingerprint density at radius 2 is 2.35 bits per heavy atom. The van der Waals surface area contributed by atoms with Crippen molar-refractivity contribution in [1.29, 1.82) is 5.26 Å². The molecule has 0 aromatic heterocycles. The Morgan fingerprint density at radius 3 is 3.00 bits per heavy atom. The number of rotatable bonds is 6. The molecule has 0 saturated heterocycles. The molecule has 1 saturated carbocycles. The van der Waals surface area contributed by atoms with Gasteiger partial charge in [-0.25, -0.2) is 0 Å². The molecular formula is C18H21ClN2O2. The Bertz CT molecular complexity index is 624. The fourth-order valence-electron chi connectivity index (χ4n) is 3.11. The molecule has 2 atom stereocenters. The molecule has 122 valence electrons. The smallest absolute Gasteiger partial charge is 0.246 e. The van der Waals surface area contributed by atoms with E-state index in [1.54, 1.807) is 11.0 Å². The molecule has 0 aliphatic heterocycles. The summed E-state index contributed by atoms with van der Waals surface area (Å²) in [7, 11) is 0. The van der Waals surface area contributed by atoms with Gasteiger partial charge in [0.15, 0.2) is 0 Å². The first-order valence-electron chi connectivity index (χ1n) is 7.85. The second-order valence-corrected chi connectivity index (χ2v) is 5.97. The van der Waals surface area contributed by atoms with Crippen molar-refractivity contribution < 1.29 is 9.53 Å². The molecule has 0 radical (unpaired) electrons. The summed E-state index contributed by atoms with van der Waals surface area (Å²) in [5, 5.41) is 9.86. The van der Waals surface area contributed by atoms with Crippen LogP contribution in [0.15, 0.2) is 30.9 Å². The quantitative estimate of drug-likeness (QED) is 0.741. The van der Waals surface area contributed by atoms with Gasteiger partial charge in [0.25, 0.3) is 0 Å². The van der Waals surface area contributed by atoms with Crippen molar-refractivity contribution in [2.45, 2.75) is 38.8 Å². The summed E-state index contributed by atoms with van der Waals surface area (Å²) in [4.78, 5) is 14.1. The van der Waals surface area contributed by atoms with Gasteiger partial charge in [-0.05, 0) is 38.3 Å². The molecule has 1 aliphatic carbocycles. The number of benzene rings is 1. The molecule has 1 aromatic rings. The standard InChI is InChI=1S/C18H21ClN2O2/c1-3-17(22)21(16-10-6-7-13(16)11-20)12-14-8-5-9-15(19)18(14)23-4-2/h3,5,8-9,13,16H,1,4,6-7,10,12H2,2H3. The van der Waals surface area contributed by atoms with Crippen molar-refractivity contribution in [2.75, 3.05) is 6.61 Å². The minimum Gasteiger partial charge on any atom is -0.492 e. The van der Waals surface area contributed by atoms with Crippen molar-refractivity contribution >= 4 is 17.5 Å². The van der Waals surface area contributed by atoms with Gasteiger partial charge >= 0.3 is 0 Å². The highest BCUT2D eigenvalue weighted by atomic mass is 35.5. The number of ether oxygens (including phenoxy) is 1. The third-order valence-electron chi connectivity index (χ3n) is 4.18. The molecule has 4 nitrogen and oxygen atoms in total. The van der Waals surface area contributed by atoms with Gasteiger partial charge in [-0.1, -0.05) is 30.3 Å². The molecule has 2 rings (SSSR count). The number of carbonyl (C=O) groups is 1. The number of halogens is 1. The average molecular weight is 333 g/mol. The third-order valence-corrected chi connectivity index (χ3v) is 4.48. The van der Waals surface area contributed by atoms with Crippen LogP contribution in [-0.4, -0.2) is 23.5 Å².